The quantitative estimate of drug-likeness (QED) is 0.754. The molecule has 0 radical (unpaired) electrons. The molecule has 0 aromatic rings. The lowest BCUT2D eigenvalue weighted by Gasteiger charge is -2.37. The molecule has 1 amide bonds. The smallest absolute Gasteiger partial charge is 0.310 e. The monoisotopic (exact) mass is 296 g/mol. The van der Waals surface area contributed by atoms with E-state index in [-0.39, 0.29) is 29.3 Å². The van der Waals surface area contributed by atoms with Crippen LogP contribution in [0.5, 0.6) is 0 Å². The van der Waals surface area contributed by atoms with Crippen molar-refractivity contribution in [2.75, 3.05) is 19.6 Å². The topological polar surface area (TPSA) is 67.4 Å². The second-order valence-corrected chi connectivity index (χ2v) is 6.83. The molecule has 1 saturated carbocycles. The molecule has 5 nitrogen and oxygen atoms in total. The average Bonchev–Trinajstić information content (AvgIpc) is 2.88. The lowest BCUT2D eigenvalue weighted by molar-refractivity contribution is -0.151. The Bertz CT molecular complexity index is 397. The highest BCUT2D eigenvalue weighted by Gasteiger charge is 2.49. The Labute approximate surface area is 127 Å². The molecule has 21 heavy (non-hydrogen) atoms. The van der Waals surface area contributed by atoms with Crippen LogP contribution < -0.4 is 10.6 Å². The number of hydrogen-bond acceptors (Lipinski definition) is 4. The van der Waals surface area contributed by atoms with Crippen molar-refractivity contribution in [3.05, 3.63) is 0 Å². The van der Waals surface area contributed by atoms with Gasteiger partial charge in [0, 0.05) is 13.1 Å². The first-order valence-electron chi connectivity index (χ1n) is 8.15. The third kappa shape index (κ3) is 3.57. The molecule has 1 aliphatic heterocycles. The van der Waals surface area contributed by atoms with Gasteiger partial charge in [0.1, 0.15) is 0 Å². The van der Waals surface area contributed by atoms with E-state index >= 15 is 0 Å². The molecule has 0 bridgehead atoms. The molecule has 1 heterocycles. The first-order chi connectivity index (χ1) is 9.95. The van der Waals surface area contributed by atoms with Crippen LogP contribution in [0.1, 0.15) is 46.5 Å². The van der Waals surface area contributed by atoms with Crippen LogP contribution >= 0.6 is 0 Å². The summed E-state index contributed by atoms with van der Waals surface area (Å²) in [6.45, 7) is 7.54. The number of nitrogens with one attached hydrogen (secondary N) is 2. The van der Waals surface area contributed by atoms with Gasteiger partial charge in [-0.15, -0.1) is 0 Å². The number of carbonyl (C=O) groups is 2. The highest BCUT2D eigenvalue weighted by Crippen LogP contribution is 2.43. The fraction of sp³-hybridized carbons (Fsp3) is 0.875. The first kappa shape index (κ1) is 16.3. The number of hydrogen-bond donors (Lipinski definition) is 2. The molecule has 0 spiro atoms. The Morgan fingerprint density at radius 3 is 2.81 bits per heavy atom. The van der Waals surface area contributed by atoms with Crippen molar-refractivity contribution in [1.29, 1.82) is 0 Å². The van der Waals surface area contributed by atoms with Gasteiger partial charge in [-0.3, -0.25) is 9.59 Å². The van der Waals surface area contributed by atoms with Gasteiger partial charge >= 0.3 is 5.97 Å². The third-order valence-electron chi connectivity index (χ3n) is 4.81. The molecule has 5 heteroatoms. The maximum absolute atomic E-state index is 12.6. The standard InChI is InChI=1S/C16H28N2O3/c1-11(2)21-14(19)12(3)8-18-15(20)16-7-5-4-6-13(16)9-17-10-16/h11-13,17H,4-10H2,1-3H3,(H,18,20)/t12?,13-,16+/m0/s1. The highest BCUT2D eigenvalue weighted by atomic mass is 16.5. The molecule has 2 aliphatic rings. The molecule has 2 N–H and O–H groups in total. The van der Waals surface area contributed by atoms with E-state index in [1.165, 1.54) is 6.42 Å². The fourth-order valence-corrected chi connectivity index (χ4v) is 3.54. The molecule has 3 atom stereocenters. The lowest BCUT2D eigenvalue weighted by Crippen LogP contribution is -2.49. The molecule has 1 aliphatic carbocycles. The minimum absolute atomic E-state index is 0.112. The number of fused-ring (bicyclic) bond motifs is 1. The maximum atomic E-state index is 12.6. The Morgan fingerprint density at radius 1 is 1.33 bits per heavy atom. The molecule has 2 rings (SSSR count). The van der Waals surface area contributed by atoms with Crippen molar-refractivity contribution in [3.63, 3.8) is 0 Å². The van der Waals surface area contributed by atoms with Crippen molar-refractivity contribution >= 4 is 11.9 Å². The van der Waals surface area contributed by atoms with Crippen LogP contribution in [-0.2, 0) is 14.3 Å². The van der Waals surface area contributed by atoms with Crippen LogP contribution in [0.2, 0.25) is 0 Å². The molecular formula is C16H28N2O3. The number of esters is 1. The highest BCUT2D eigenvalue weighted by molar-refractivity contribution is 5.84. The van der Waals surface area contributed by atoms with Crippen LogP contribution in [0, 0.1) is 17.3 Å². The molecule has 0 aromatic heterocycles. The van der Waals surface area contributed by atoms with Gasteiger partial charge in [-0.1, -0.05) is 19.8 Å². The van der Waals surface area contributed by atoms with E-state index in [1.807, 2.05) is 13.8 Å². The summed E-state index contributed by atoms with van der Waals surface area (Å²) in [5, 5.41) is 6.36. The number of rotatable bonds is 5. The zero-order chi connectivity index (χ0) is 15.5. The number of ether oxygens (including phenoxy) is 1. The molecular weight excluding hydrogens is 268 g/mol. The van der Waals surface area contributed by atoms with Gasteiger partial charge in [0.15, 0.2) is 0 Å². The zero-order valence-electron chi connectivity index (χ0n) is 13.4. The van der Waals surface area contributed by atoms with Gasteiger partial charge in [0.05, 0.1) is 17.4 Å². The van der Waals surface area contributed by atoms with E-state index in [4.69, 9.17) is 4.74 Å². The summed E-state index contributed by atoms with van der Waals surface area (Å²) < 4.78 is 5.17. The summed E-state index contributed by atoms with van der Waals surface area (Å²) >= 11 is 0. The summed E-state index contributed by atoms with van der Waals surface area (Å²) in [6, 6.07) is 0. The summed E-state index contributed by atoms with van der Waals surface area (Å²) in [6.07, 6.45) is 4.32. The van der Waals surface area contributed by atoms with E-state index in [0.29, 0.717) is 12.5 Å². The molecule has 1 unspecified atom stereocenters. The Morgan fingerprint density at radius 2 is 2.10 bits per heavy atom. The SMILES string of the molecule is CC(C)OC(=O)C(C)CNC(=O)[C@@]12CCCC[C@H]1CNC2. The predicted molar refractivity (Wildman–Crippen MR) is 80.7 cm³/mol. The fourth-order valence-electron chi connectivity index (χ4n) is 3.54. The van der Waals surface area contributed by atoms with Gasteiger partial charge < -0.3 is 15.4 Å². The van der Waals surface area contributed by atoms with Crippen LogP contribution in [-0.4, -0.2) is 37.6 Å². The maximum Gasteiger partial charge on any atom is 0.310 e. The minimum atomic E-state index is -0.302. The van der Waals surface area contributed by atoms with E-state index in [0.717, 1.165) is 32.4 Å². The van der Waals surface area contributed by atoms with Crippen molar-refractivity contribution in [2.45, 2.75) is 52.6 Å². The zero-order valence-corrected chi connectivity index (χ0v) is 13.4. The van der Waals surface area contributed by atoms with Crippen molar-refractivity contribution < 1.29 is 14.3 Å². The lowest BCUT2D eigenvalue weighted by atomic mass is 9.67. The molecule has 120 valence electrons. The molecule has 0 aromatic carbocycles. The number of carbonyl (C=O) groups excluding carboxylic acids is 2. The summed E-state index contributed by atoms with van der Waals surface area (Å²) in [5.74, 6) is 0.0160. The van der Waals surface area contributed by atoms with E-state index in [2.05, 4.69) is 10.6 Å². The summed E-state index contributed by atoms with van der Waals surface area (Å²) in [7, 11) is 0. The van der Waals surface area contributed by atoms with Gasteiger partial charge in [0.25, 0.3) is 0 Å². The van der Waals surface area contributed by atoms with Crippen molar-refractivity contribution in [1.82, 2.24) is 10.6 Å². The van der Waals surface area contributed by atoms with Gasteiger partial charge in [-0.2, -0.15) is 0 Å². The largest absolute Gasteiger partial charge is 0.463 e. The minimum Gasteiger partial charge on any atom is -0.463 e. The average molecular weight is 296 g/mol. The van der Waals surface area contributed by atoms with Gasteiger partial charge in [-0.05, 0) is 39.2 Å². The predicted octanol–water partition coefficient (Wildman–Crippen LogP) is 1.47. The second kappa shape index (κ2) is 6.77. The Kier molecular flexibility index (Phi) is 5.25. The molecule has 1 saturated heterocycles. The second-order valence-electron chi connectivity index (χ2n) is 6.83. The number of amides is 1. The van der Waals surface area contributed by atoms with Crippen LogP contribution in [0.25, 0.3) is 0 Å². The van der Waals surface area contributed by atoms with Crippen LogP contribution in [0.15, 0.2) is 0 Å². The third-order valence-corrected chi connectivity index (χ3v) is 4.81. The van der Waals surface area contributed by atoms with Crippen molar-refractivity contribution in [2.24, 2.45) is 17.3 Å². The Balaban J connectivity index is 1.88. The van der Waals surface area contributed by atoms with Gasteiger partial charge in [-0.25, -0.2) is 0 Å². The van der Waals surface area contributed by atoms with Crippen LogP contribution in [0.4, 0.5) is 0 Å². The Hall–Kier alpha value is -1.10. The summed E-state index contributed by atoms with van der Waals surface area (Å²) in [5.41, 5.74) is -0.250. The van der Waals surface area contributed by atoms with E-state index in [1.54, 1.807) is 6.92 Å². The van der Waals surface area contributed by atoms with Crippen LogP contribution in [0.3, 0.4) is 0 Å². The normalized spacial score (nSPS) is 29.8. The first-order valence-corrected chi connectivity index (χ1v) is 8.15. The van der Waals surface area contributed by atoms with Gasteiger partial charge in [0.2, 0.25) is 5.91 Å². The molecule has 2 fully saturated rings. The van der Waals surface area contributed by atoms with E-state index < -0.39 is 0 Å². The van der Waals surface area contributed by atoms with E-state index in [9.17, 15) is 9.59 Å². The van der Waals surface area contributed by atoms with Crippen molar-refractivity contribution in [3.8, 4) is 0 Å². The summed E-state index contributed by atoms with van der Waals surface area (Å²) in [4.78, 5) is 24.4.